The van der Waals surface area contributed by atoms with E-state index in [4.69, 9.17) is 0 Å². The second-order valence-electron chi connectivity index (χ2n) is 6.37. The molecule has 1 aromatic carbocycles. The highest BCUT2D eigenvalue weighted by atomic mass is 19.2. The van der Waals surface area contributed by atoms with E-state index in [1.54, 1.807) is 0 Å². The summed E-state index contributed by atoms with van der Waals surface area (Å²) in [5.74, 6) is -2.03. The van der Waals surface area contributed by atoms with Crippen molar-refractivity contribution in [3.8, 4) is 0 Å². The number of Topliss-reactive ketones (excluding diaryl/α,β-unsaturated/α-hetero) is 1. The zero-order valence-electron chi connectivity index (χ0n) is 13.0. The van der Waals surface area contributed by atoms with Crippen molar-refractivity contribution in [1.29, 1.82) is 0 Å². The summed E-state index contributed by atoms with van der Waals surface area (Å²) in [6.07, 6.45) is 3.28. The van der Waals surface area contributed by atoms with Crippen molar-refractivity contribution < 1.29 is 13.6 Å². The number of rotatable bonds is 4. The smallest absolute Gasteiger partial charge is 0.179 e. The molecule has 2 nitrogen and oxygen atoms in total. The Morgan fingerprint density at radius 2 is 1.90 bits per heavy atom. The average Bonchev–Trinajstić information content (AvgIpc) is 2.49. The topological polar surface area (TPSA) is 20.3 Å². The number of benzene rings is 1. The van der Waals surface area contributed by atoms with Gasteiger partial charge in [0.05, 0.1) is 6.04 Å². The van der Waals surface area contributed by atoms with Crippen LogP contribution in [-0.2, 0) is 0 Å². The predicted octanol–water partition coefficient (Wildman–Crippen LogP) is 4.05. The molecule has 2 rings (SSSR count). The third kappa shape index (κ3) is 3.49. The molecule has 4 heteroatoms. The maximum atomic E-state index is 13.3. The van der Waals surface area contributed by atoms with Gasteiger partial charge in [0.15, 0.2) is 17.4 Å². The molecule has 0 saturated carbocycles. The molecular weight excluding hydrogens is 272 g/mol. The quantitative estimate of drug-likeness (QED) is 0.781. The molecular formula is C17H23F2NO. The van der Waals surface area contributed by atoms with Gasteiger partial charge in [0.1, 0.15) is 0 Å². The fourth-order valence-electron chi connectivity index (χ4n) is 2.86. The van der Waals surface area contributed by atoms with E-state index < -0.39 is 11.6 Å². The molecule has 1 aliphatic heterocycles. The SMILES string of the molecule is CCC1(C)CCN(C(C)C(=O)c2ccc(F)c(F)c2)CC1. The van der Waals surface area contributed by atoms with E-state index in [1.165, 1.54) is 6.07 Å². The molecule has 1 heterocycles. The fraction of sp³-hybridized carbons (Fsp3) is 0.588. The summed E-state index contributed by atoms with van der Waals surface area (Å²) in [6, 6.07) is 3.07. The largest absolute Gasteiger partial charge is 0.293 e. The Hall–Kier alpha value is -1.29. The molecule has 0 spiro atoms. The summed E-state index contributed by atoms with van der Waals surface area (Å²) in [5, 5.41) is 0. The van der Waals surface area contributed by atoms with Crippen LogP contribution in [0.15, 0.2) is 18.2 Å². The first kappa shape index (κ1) is 16.1. The zero-order valence-corrected chi connectivity index (χ0v) is 13.0. The van der Waals surface area contributed by atoms with E-state index in [2.05, 4.69) is 18.7 Å². The van der Waals surface area contributed by atoms with E-state index in [9.17, 15) is 13.6 Å². The van der Waals surface area contributed by atoms with E-state index in [0.29, 0.717) is 5.41 Å². The van der Waals surface area contributed by atoms with Crippen molar-refractivity contribution in [2.75, 3.05) is 13.1 Å². The minimum atomic E-state index is -0.967. The summed E-state index contributed by atoms with van der Waals surface area (Å²) in [7, 11) is 0. The number of halogens is 2. The number of carbonyl (C=O) groups excluding carboxylic acids is 1. The van der Waals surface area contributed by atoms with Crippen LogP contribution in [0.5, 0.6) is 0 Å². The number of piperidine rings is 1. The van der Waals surface area contributed by atoms with Crippen molar-refractivity contribution in [3.05, 3.63) is 35.4 Å². The lowest BCUT2D eigenvalue weighted by Crippen LogP contribution is -2.46. The summed E-state index contributed by atoms with van der Waals surface area (Å²) < 4.78 is 26.2. The molecule has 116 valence electrons. The van der Waals surface area contributed by atoms with Gasteiger partial charge in [0.2, 0.25) is 0 Å². The Bertz CT molecular complexity index is 522. The summed E-state index contributed by atoms with van der Waals surface area (Å²) in [5.41, 5.74) is 0.603. The van der Waals surface area contributed by atoms with Gasteiger partial charge >= 0.3 is 0 Å². The summed E-state index contributed by atoms with van der Waals surface area (Å²) in [6.45, 7) is 8.08. The Kier molecular flexibility index (Phi) is 4.77. The van der Waals surface area contributed by atoms with E-state index in [1.807, 2.05) is 6.92 Å². The van der Waals surface area contributed by atoms with E-state index in [0.717, 1.165) is 44.5 Å². The average molecular weight is 295 g/mol. The fourth-order valence-corrected chi connectivity index (χ4v) is 2.86. The molecule has 0 aromatic heterocycles. The molecule has 1 aromatic rings. The van der Waals surface area contributed by atoms with Crippen molar-refractivity contribution in [2.45, 2.75) is 46.1 Å². The van der Waals surface area contributed by atoms with Crippen LogP contribution < -0.4 is 0 Å². The molecule has 1 unspecified atom stereocenters. The monoisotopic (exact) mass is 295 g/mol. The van der Waals surface area contributed by atoms with Crippen LogP contribution >= 0.6 is 0 Å². The highest BCUT2D eigenvalue weighted by Crippen LogP contribution is 2.34. The molecule has 1 atom stereocenters. The molecule has 21 heavy (non-hydrogen) atoms. The summed E-state index contributed by atoms with van der Waals surface area (Å²) >= 11 is 0. The first-order valence-electron chi connectivity index (χ1n) is 7.59. The van der Waals surface area contributed by atoms with Gasteiger partial charge in [0, 0.05) is 5.56 Å². The standard InChI is InChI=1S/C17H23F2NO/c1-4-17(3)7-9-20(10-8-17)12(2)16(21)13-5-6-14(18)15(19)11-13/h5-6,11-12H,4,7-10H2,1-3H3. The first-order valence-corrected chi connectivity index (χ1v) is 7.59. The minimum absolute atomic E-state index is 0.144. The Morgan fingerprint density at radius 3 is 2.43 bits per heavy atom. The lowest BCUT2D eigenvalue weighted by molar-refractivity contribution is 0.0641. The third-order valence-corrected chi connectivity index (χ3v) is 4.99. The van der Waals surface area contributed by atoms with Gasteiger partial charge in [0.25, 0.3) is 0 Å². The van der Waals surface area contributed by atoms with Crippen LogP contribution in [0.2, 0.25) is 0 Å². The maximum absolute atomic E-state index is 13.3. The first-order chi connectivity index (χ1) is 9.86. The minimum Gasteiger partial charge on any atom is -0.293 e. The van der Waals surface area contributed by atoms with Crippen LogP contribution in [0.1, 0.15) is 50.4 Å². The highest BCUT2D eigenvalue weighted by Gasteiger charge is 2.32. The number of hydrogen-bond donors (Lipinski definition) is 0. The van der Waals surface area contributed by atoms with Gasteiger partial charge < -0.3 is 0 Å². The van der Waals surface area contributed by atoms with Gasteiger partial charge in [-0.1, -0.05) is 20.3 Å². The zero-order chi connectivity index (χ0) is 15.6. The van der Waals surface area contributed by atoms with Crippen LogP contribution in [0.4, 0.5) is 8.78 Å². The van der Waals surface area contributed by atoms with Crippen molar-refractivity contribution in [2.24, 2.45) is 5.41 Å². The maximum Gasteiger partial charge on any atom is 0.179 e. The third-order valence-electron chi connectivity index (χ3n) is 4.99. The summed E-state index contributed by atoms with van der Waals surface area (Å²) in [4.78, 5) is 14.5. The number of nitrogens with zero attached hydrogens (tertiary/aromatic N) is 1. The van der Waals surface area contributed by atoms with Crippen LogP contribution in [0.25, 0.3) is 0 Å². The van der Waals surface area contributed by atoms with Gasteiger partial charge in [-0.3, -0.25) is 9.69 Å². The van der Waals surface area contributed by atoms with E-state index >= 15 is 0 Å². The lowest BCUT2D eigenvalue weighted by Gasteiger charge is -2.41. The molecule has 1 aliphatic rings. The molecule has 1 fully saturated rings. The van der Waals surface area contributed by atoms with E-state index in [-0.39, 0.29) is 17.4 Å². The molecule has 0 N–H and O–H groups in total. The van der Waals surface area contributed by atoms with Gasteiger partial charge in [-0.25, -0.2) is 8.78 Å². The van der Waals surface area contributed by atoms with Gasteiger partial charge in [-0.15, -0.1) is 0 Å². The molecule has 0 amide bonds. The second-order valence-corrected chi connectivity index (χ2v) is 6.37. The van der Waals surface area contributed by atoms with Gasteiger partial charge in [-0.05, 0) is 56.5 Å². The molecule has 0 aliphatic carbocycles. The Labute approximate surface area is 125 Å². The van der Waals surface area contributed by atoms with Crippen molar-refractivity contribution in [3.63, 3.8) is 0 Å². The number of hydrogen-bond acceptors (Lipinski definition) is 2. The van der Waals surface area contributed by atoms with Crippen molar-refractivity contribution in [1.82, 2.24) is 4.90 Å². The van der Waals surface area contributed by atoms with Gasteiger partial charge in [-0.2, -0.15) is 0 Å². The lowest BCUT2D eigenvalue weighted by atomic mass is 9.78. The predicted molar refractivity (Wildman–Crippen MR) is 79.4 cm³/mol. The van der Waals surface area contributed by atoms with Crippen LogP contribution in [0.3, 0.4) is 0 Å². The van der Waals surface area contributed by atoms with Crippen molar-refractivity contribution >= 4 is 5.78 Å². The highest BCUT2D eigenvalue weighted by molar-refractivity contribution is 5.99. The normalized spacial score (nSPS) is 20.2. The number of likely N-dealkylation sites (tertiary alicyclic amines) is 1. The second kappa shape index (κ2) is 6.22. The number of carbonyl (C=O) groups is 1. The van der Waals surface area contributed by atoms with Crippen LogP contribution in [-0.4, -0.2) is 29.8 Å². The van der Waals surface area contributed by atoms with Crippen LogP contribution in [0, 0.1) is 17.0 Å². The Morgan fingerprint density at radius 1 is 1.29 bits per heavy atom. The Balaban J connectivity index is 2.05. The molecule has 1 saturated heterocycles. The number of ketones is 1. The molecule has 0 radical (unpaired) electrons. The molecule has 0 bridgehead atoms.